The van der Waals surface area contributed by atoms with Gasteiger partial charge in [-0.3, -0.25) is 9.69 Å². The molecule has 156 valence electrons. The van der Waals surface area contributed by atoms with Gasteiger partial charge in [0.05, 0.1) is 17.3 Å². The minimum absolute atomic E-state index is 0.134. The van der Waals surface area contributed by atoms with Crippen LogP contribution in [0.2, 0.25) is 0 Å². The Bertz CT molecular complexity index is 841. The quantitative estimate of drug-likeness (QED) is 0.780. The number of pyridine rings is 1. The van der Waals surface area contributed by atoms with Gasteiger partial charge in [0.25, 0.3) is 0 Å². The van der Waals surface area contributed by atoms with Gasteiger partial charge in [-0.15, -0.1) is 0 Å². The summed E-state index contributed by atoms with van der Waals surface area (Å²) in [4.78, 5) is 20.3. The fourth-order valence-electron chi connectivity index (χ4n) is 3.26. The maximum absolute atomic E-state index is 13.7. The first kappa shape index (κ1) is 21.0. The van der Waals surface area contributed by atoms with Gasteiger partial charge in [-0.2, -0.15) is 13.2 Å². The zero-order valence-corrected chi connectivity index (χ0v) is 15.9. The average Bonchev–Trinajstić information content (AvgIpc) is 2.95. The van der Waals surface area contributed by atoms with Crippen molar-refractivity contribution in [1.29, 1.82) is 0 Å². The molecule has 0 spiro atoms. The number of rotatable bonds is 4. The van der Waals surface area contributed by atoms with Gasteiger partial charge in [-0.1, -0.05) is 12.1 Å². The number of alkyl halides is 3. The fraction of sp³-hybridized carbons (Fsp3) is 0.400. The highest BCUT2D eigenvalue weighted by Gasteiger charge is 2.31. The van der Waals surface area contributed by atoms with Crippen molar-refractivity contribution in [2.24, 2.45) is 0 Å². The first-order valence-electron chi connectivity index (χ1n) is 9.33. The lowest BCUT2D eigenvalue weighted by atomic mass is 10.2. The second-order valence-electron chi connectivity index (χ2n) is 6.92. The molecule has 1 fully saturated rings. The lowest BCUT2D eigenvalue weighted by Gasteiger charge is -2.27. The van der Waals surface area contributed by atoms with Crippen molar-refractivity contribution >= 4 is 17.4 Å². The van der Waals surface area contributed by atoms with Crippen LogP contribution in [0.4, 0.5) is 29.1 Å². The Kier molecular flexibility index (Phi) is 6.36. The van der Waals surface area contributed by atoms with Crippen LogP contribution in [0.1, 0.15) is 18.9 Å². The fourth-order valence-corrected chi connectivity index (χ4v) is 3.26. The number of aromatic nitrogens is 1. The molecule has 1 atom stereocenters. The standard InChI is InChI=1S/C20H22F4N4O/c1-14(19(29)26-17-6-3-2-5-16(17)21)27-9-4-10-28(12-11-27)18-8-7-15(13-25-18)20(22,23)24/h2-3,5-8,13-14H,4,9-12H2,1H3,(H,26,29)/t14-/m1/s1. The predicted molar refractivity (Wildman–Crippen MR) is 102 cm³/mol. The summed E-state index contributed by atoms with van der Waals surface area (Å²) in [6.07, 6.45) is -2.86. The molecule has 1 aliphatic heterocycles. The number of para-hydroxylation sites is 1. The highest BCUT2D eigenvalue weighted by atomic mass is 19.4. The summed E-state index contributed by atoms with van der Waals surface area (Å²) in [5.41, 5.74) is -0.647. The number of benzene rings is 1. The summed E-state index contributed by atoms with van der Waals surface area (Å²) in [6, 6.07) is 7.89. The molecule has 2 aromatic rings. The van der Waals surface area contributed by atoms with Crippen molar-refractivity contribution in [2.45, 2.75) is 25.6 Å². The first-order valence-corrected chi connectivity index (χ1v) is 9.33. The normalized spacial score (nSPS) is 16.9. The number of carbonyl (C=O) groups excluding carboxylic acids is 1. The molecule has 0 saturated carbocycles. The summed E-state index contributed by atoms with van der Waals surface area (Å²) in [7, 11) is 0. The zero-order chi connectivity index (χ0) is 21.0. The molecule has 3 rings (SSSR count). The SMILES string of the molecule is C[C@H](C(=O)Nc1ccccc1F)N1CCCN(c2ccc(C(F)(F)F)cn2)CC1. The van der Waals surface area contributed by atoms with Gasteiger partial charge in [-0.25, -0.2) is 9.37 Å². The van der Waals surface area contributed by atoms with Gasteiger partial charge in [0.1, 0.15) is 11.6 Å². The van der Waals surface area contributed by atoms with E-state index < -0.39 is 23.6 Å². The molecule has 0 unspecified atom stereocenters. The van der Waals surface area contributed by atoms with E-state index in [0.717, 1.165) is 18.7 Å². The summed E-state index contributed by atoms with van der Waals surface area (Å²) < 4.78 is 51.9. The van der Waals surface area contributed by atoms with Crippen molar-refractivity contribution < 1.29 is 22.4 Å². The van der Waals surface area contributed by atoms with Crippen LogP contribution < -0.4 is 10.2 Å². The Morgan fingerprint density at radius 2 is 1.86 bits per heavy atom. The van der Waals surface area contributed by atoms with E-state index in [2.05, 4.69) is 10.3 Å². The van der Waals surface area contributed by atoms with Crippen molar-refractivity contribution in [2.75, 3.05) is 36.4 Å². The maximum Gasteiger partial charge on any atom is 0.417 e. The molecule has 0 bridgehead atoms. The van der Waals surface area contributed by atoms with E-state index in [1.54, 1.807) is 19.1 Å². The third-order valence-electron chi connectivity index (χ3n) is 4.99. The van der Waals surface area contributed by atoms with E-state index in [1.807, 2.05) is 9.80 Å². The average molecular weight is 410 g/mol. The largest absolute Gasteiger partial charge is 0.417 e. The van der Waals surface area contributed by atoms with Crippen LogP contribution >= 0.6 is 0 Å². The summed E-state index contributed by atoms with van der Waals surface area (Å²) in [5.74, 6) is -0.331. The molecule has 0 aliphatic carbocycles. The number of nitrogens with zero attached hydrogens (tertiary/aromatic N) is 3. The Hall–Kier alpha value is -2.68. The second kappa shape index (κ2) is 8.77. The van der Waals surface area contributed by atoms with E-state index in [1.165, 1.54) is 18.2 Å². The number of nitrogens with one attached hydrogen (secondary N) is 1. The summed E-state index contributed by atoms with van der Waals surface area (Å²) in [5, 5.41) is 2.60. The number of hydrogen-bond acceptors (Lipinski definition) is 4. The van der Waals surface area contributed by atoms with Crippen LogP contribution in [0.3, 0.4) is 0 Å². The molecule has 5 nitrogen and oxygen atoms in total. The maximum atomic E-state index is 13.7. The van der Waals surface area contributed by atoms with Crippen LogP contribution in [-0.4, -0.2) is 48.0 Å². The van der Waals surface area contributed by atoms with Crippen LogP contribution in [0, 0.1) is 5.82 Å². The number of carbonyl (C=O) groups is 1. The minimum Gasteiger partial charge on any atom is -0.355 e. The molecule has 1 aromatic heterocycles. The summed E-state index contributed by atoms with van der Waals surface area (Å²) in [6.45, 7) is 4.08. The molecule has 1 amide bonds. The Labute approximate surface area is 166 Å². The van der Waals surface area contributed by atoms with Crippen molar-refractivity contribution in [1.82, 2.24) is 9.88 Å². The van der Waals surface area contributed by atoms with Gasteiger partial charge < -0.3 is 10.2 Å². The lowest BCUT2D eigenvalue weighted by molar-refractivity contribution is -0.137. The van der Waals surface area contributed by atoms with E-state index >= 15 is 0 Å². The highest BCUT2D eigenvalue weighted by Crippen LogP contribution is 2.29. The molecule has 9 heteroatoms. The van der Waals surface area contributed by atoms with Crippen LogP contribution in [0.15, 0.2) is 42.6 Å². The Morgan fingerprint density at radius 3 is 2.52 bits per heavy atom. The van der Waals surface area contributed by atoms with Gasteiger partial charge in [-0.05, 0) is 37.6 Å². The molecule has 0 radical (unpaired) electrons. The minimum atomic E-state index is -4.41. The van der Waals surface area contributed by atoms with Crippen molar-refractivity contribution in [3.63, 3.8) is 0 Å². The molecule has 2 heterocycles. The lowest BCUT2D eigenvalue weighted by Crippen LogP contribution is -2.44. The number of halogens is 4. The molecule has 1 aliphatic rings. The van der Waals surface area contributed by atoms with Crippen molar-refractivity contribution in [3.8, 4) is 0 Å². The highest BCUT2D eigenvalue weighted by molar-refractivity contribution is 5.94. The second-order valence-corrected chi connectivity index (χ2v) is 6.92. The number of amides is 1. The Morgan fingerprint density at radius 1 is 1.10 bits per heavy atom. The third-order valence-corrected chi connectivity index (χ3v) is 4.99. The number of hydrogen-bond donors (Lipinski definition) is 1. The molecular formula is C20H22F4N4O. The van der Waals surface area contributed by atoms with E-state index in [-0.39, 0.29) is 11.6 Å². The summed E-state index contributed by atoms with van der Waals surface area (Å²) >= 11 is 0. The topological polar surface area (TPSA) is 48.5 Å². The smallest absolute Gasteiger partial charge is 0.355 e. The van der Waals surface area contributed by atoms with Gasteiger partial charge in [0.15, 0.2) is 0 Å². The molecule has 1 aromatic carbocycles. The molecule has 29 heavy (non-hydrogen) atoms. The van der Waals surface area contributed by atoms with Crippen molar-refractivity contribution in [3.05, 3.63) is 54.0 Å². The molecular weight excluding hydrogens is 388 g/mol. The number of anilines is 2. The predicted octanol–water partition coefficient (Wildman–Crippen LogP) is 3.78. The van der Waals surface area contributed by atoms with Gasteiger partial charge in [0, 0.05) is 32.4 Å². The third kappa shape index (κ3) is 5.23. The zero-order valence-electron chi connectivity index (χ0n) is 15.9. The van der Waals surface area contributed by atoms with E-state index in [4.69, 9.17) is 0 Å². The molecule has 1 N–H and O–H groups in total. The van der Waals surface area contributed by atoms with Crippen LogP contribution in [0.25, 0.3) is 0 Å². The Balaban J connectivity index is 1.60. The van der Waals surface area contributed by atoms with Gasteiger partial charge in [0.2, 0.25) is 5.91 Å². The van der Waals surface area contributed by atoms with Crippen LogP contribution in [-0.2, 0) is 11.0 Å². The molecule has 1 saturated heterocycles. The van der Waals surface area contributed by atoms with Gasteiger partial charge >= 0.3 is 6.18 Å². The van der Waals surface area contributed by atoms with E-state index in [0.29, 0.717) is 32.0 Å². The monoisotopic (exact) mass is 410 g/mol. The van der Waals surface area contributed by atoms with Crippen LogP contribution in [0.5, 0.6) is 0 Å². The first-order chi connectivity index (χ1) is 13.8. The van der Waals surface area contributed by atoms with E-state index in [9.17, 15) is 22.4 Å².